The maximum atomic E-state index is 2.43. The van der Waals surface area contributed by atoms with E-state index in [0.717, 1.165) is 0 Å². The van der Waals surface area contributed by atoms with Gasteiger partial charge in [0, 0.05) is 11.4 Å². The maximum absolute atomic E-state index is 2.43. The van der Waals surface area contributed by atoms with Gasteiger partial charge in [-0.05, 0) is 117 Å². The minimum Gasteiger partial charge on any atom is -0.367 e. The minimum atomic E-state index is 0.121. The van der Waals surface area contributed by atoms with Crippen molar-refractivity contribution in [2.45, 2.75) is 0 Å². The van der Waals surface area contributed by atoms with Crippen molar-refractivity contribution >= 4 is 69.6 Å². The van der Waals surface area contributed by atoms with Crippen molar-refractivity contribution in [1.29, 1.82) is 0 Å². The molecule has 0 aromatic heterocycles. The van der Waals surface area contributed by atoms with Gasteiger partial charge in [0.15, 0.2) is 0 Å². The van der Waals surface area contributed by atoms with Crippen molar-refractivity contribution in [2.24, 2.45) is 0 Å². The van der Waals surface area contributed by atoms with E-state index in [4.69, 9.17) is 0 Å². The van der Waals surface area contributed by atoms with E-state index in [1.54, 1.807) is 0 Å². The molecule has 0 bridgehead atoms. The van der Waals surface area contributed by atoms with E-state index in [1.165, 1.54) is 77.9 Å². The summed E-state index contributed by atoms with van der Waals surface area (Å²) < 4.78 is 0. The third kappa shape index (κ3) is 4.24. The first-order valence-electron chi connectivity index (χ1n) is 18.0. The number of nitrogens with zero attached hydrogens (tertiary/aromatic N) is 4. The Morgan fingerprint density at radius 2 is 0.673 bits per heavy atom. The van der Waals surface area contributed by atoms with Crippen LogP contribution in [-0.4, -0.2) is 14.0 Å². The molecule has 0 saturated heterocycles. The van der Waals surface area contributed by atoms with Gasteiger partial charge in [-0.15, -0.1) is 0 Å². The van der Waals surface area contributed by atoms with E-state index in [1.807, 2.05) is 0 Å². The highest BCUT2D eigenvalue weighted by molar-refractivity contribution is 6.77. The van der Waals surface area contributed by atoms with E-state index < -0.39 is 0 Å². The van der Waals surface area contributed by atoms with Crippen molar-refractivity contribution in [3.63, 3.8) is 0 Å². The first kappa shape index (κ1) is 29.1. The topological polar surface area (TPSA) is 13.0 Å². The highest BCUT2D eigenvalue weighted by Crippen LogP contribution is 2.48. The van der Waals surface area contributed by atoms with E-state index in [9.17, 15) is 0 Å². The van der Waals surface area contributed by atoms with Gasteiger partial charge < -0.3 is 19.2 Å². The summed E-state index contributed by atoms with van der Waals surface area (Å²) in [4.78, 5) is 9.56. The van der Waals surface area contributed by atoms with Crippen molar-refractivity contribution in [3.8, 4) is 22.3 Å². The highest BCUT2D eigenvalue weighted by atomic mass is 15.3. The molecule has 0 N–H and O–H groups in total. The summed E-state index contributed by atoms with van der Waals surface area (Å²) in [5.74, 6) is 4.53. The van der Waals surface area contributed by atoms with Crippen molar-refractivity contribution in [1.82, 2.24) is 0 Å². The van der Waals surface area contributed by atoms with Crippen LogP contribution >= 0.6 is 0 Å². The molecule has 52 heavy (non-hydrogen) atoms. The van der Waals surface area contributed by atoms with Gasteiger partial charge in [-0.2, -0.15) is 0 Å². The maximum Gasteiger partial charge on any atom is 0.412 e. The number of rotatable bonds is 4. The molecule has 7 aromatic rings. The number of benzene rings is 7. The van der Waals surface area contributed by atoms with Crippen LogP contribution in [0.25, 0.3) is 43.8 Å². The average molecular weight is 662 g/mol. The van der Waals surface area contributed by atoms with Gasteiger partial charge in [0.25, 0.3) is 0 Å². The number of anilines is 6. The zero-order valence-corrected chi connectivity index (χ0v) is 28.4. The average Bonchev–Trinajstić information content (AvgIpc) is 3.73. The van der Waals surface area contributed by atoms with Crippen LogP contribution in [-0.2, 0) is 0 Å². The predicted molar refractivity (Wildman–Crippen MR) is 223 cm³/mol. The van der Waals surface area contributed by atoms with E-state index in [-0.39, 0.29) is 14.0 Å². The summed E-state index contributed by atoms with van der Waals surface area (Å²) in [6, 6.07) is 53.5. The summed E-state index contributed by atoms with van der Waals surface area (Å²) in [5.41, 5.74) is 12.2. The largest absolute Gasteiger partial charge is 0.412 e. The van der Waals surface area contributed by atoms with Gasteiger partial charge in [0.05, 0.1) is 22.7 Å². The smallest absolute Gasteiger partial charge is 0.367 e. The Morgan fingerprint density at radius 1 is 0.327 bits per heavy atom. The summed E-state index contributed by atoms with van der Waals surface area (Å²) in [5, 5.41) is 5.03. The number of para-hydroxylation sites is 4. The van der Waals surface area contributed by atoms with Crippen LogP contribution in [0.3, 0.4) is 0 Å². The molecule has 4 nitrogen and oxygen atoms in total. The van der Waals surface area contributed by atoms with Gasteiger partial charge in [0.1, 0.15) is 0 Å². The molecule has 0 aliphatic carbocycles. The second-order valence-electron chi connectivity index (χ2n) is 13.7. The van der Waals surface area contributed by atoms with Crippen molar-refractivity contribution in [3.05, 3.63) is 194 Å². The molecule has 7 aromatic carbocycles. The summed E-state index contributed by atoms with van der Waals surface area (Å²) in [6.07, 6.45) is 12.9. The molecular weight excluding hydrogens is 630 g/mol. The SMILES string of the molecule is C1=CB2N(C=C1)c1ccccc1N2c1ccc(-c2c3ccccc3c(-c3ccc(N4B5C=CC=CN5c5ccccc54)cc3)c3ccccc23)cc1. The number of hydrogen-bond acceptors (Lipinski definition) is 4. The predicted octanol–water partition coefficient (Wildman–Crippen LogP) is 11.5. The molecule has 0 unspecified atom stereocenters. The lowest BCUT2D eigenvalue weighted by Crippen LogP contribution is -2.42. The van der Waals surface area contributed by atoms with Gasteiger partial charge in [-0.1, -0.05) is 121 Å². The van der Waals surface area contributed by atoms with Crippen molar-refractivity contribution < 1.29 is 0 Å². The second kappa shape index (κ2) is 11.4. The molecule has 0 amide bonds. The van der Waals surface area contributed by atoms with E-state index in [0.29, 0.717) is 0 Å². The number of allylic oxidation sites excluding steroid dienone is 4. The molecule has 0 saturated carbocycles. The molecule has 0 radical (unpaired) electrons. The Morgan fingerprint density at radius 3 is 1.06 bits per heavy atom. The molecule has 4 heterocycles. The standard InChI is InChI=1S/C46H32B2N4/c1-2-14-38-37(13-1)45(33-21-25-35(26-22-33)51-43-19-7-5-17-41(43)49-31-11-9-29-47(49)51)39-15-3-4-16-40(39)46(38)34-23-27-36(28-24-34)52-44-20-8-6-18-42(44)50-32-12-10-30-48(50)52/h1-32H. The second-order valence-corrected chi connectivity index (χ2v) is 13.7. The van der Waals surface area contributed by atoms with Crippen molar-refractivity contribution in [2.75, 3.05) is 19.2 Å². The molecule has 4 aliphatic rings. The fourth-order valence-electron chi connectivity index (χ4n) is 8.81. The van der Waals surface area contributed by atoms with Crippen LogP contribution in [0.15, 0.2) is 194 Å². The van der Waals surface area contributed by atoms with Crippen LogP contribution in [0.2, 0.25) is 0 Å². The van der Waals surface area contributed by atoms with Crippen LogP contribution in [0, 0.1) is 0 Å². The quantitative estimate of drug-likeness (QED) is 0.137. The highest BCUT2D eigenvalue weighted by Gasteiger charge is 2.40. The monoisotopic (exact) mass is 662 g/mol. The minimum absolute atomic E-state index is 0.121. The summed E-state index contributed by atoms with van der Waals surface area (Å²) in [6.45, 7) is 0.242. The van der Waals surface area contributed by atoms with Gasteiger partial charge >= 0.3 is 14.0 Å². The molecule has 6 heteroatoms. The zero-order valence-electron chi connectivity index (χ0n) is 28.4. The van der Waals surface area contributed by atoms with Gasteiger partial charge in [0.2, 0.25) is 0 Å². The van der Waals surface area contributed by atoms with Crippen LogP contribution in [0.4, 0.5) is 34.1 Å². The van der Waals surface area contributed by atoms with Gasteiger partial charge in [-0.3, -0.25) is 0 Å². The molecule has 0 spiro atoms. The van der Waals surface area contributed by atoms with E-state index >= 15 is 0 Å². The van der Waals surface area contributed by atoms with Gasteiger partial charge in [-0.25, -0.2) is 0 Å². The lowest BCUT2D eigenvalue weighted by molar-refractivity contribution is 1.39. The molecular formula is C46H32B2N4. The third-order valence-corrected chi connectivity index (χ3v) is 11.0. The fraction of sp³-hybridized carbons (Fsp3) is 0. The molecule has 242 valence electrons. The van der Waals surface area contributed by atoms with Crippen LogP contribution < -0.4 is 19.2 Å². The normalized spacial score (nSPS) is 15.2. The zero-order chi connectivity index (χ0) is 34.2. The summed E-state index contributed by atoms with van der Waals surface area (Å²) >= 11 is 0. The first-order chi connectivity index (χ1) is 25.8. The first-order valence-corrected chi connectivity index (χ1v) is 18.0. The Balaban J connectivity index is 1.01. The lowest BCUT2D eigenvalue weighted by Gasteiger charge is -2.27. The third-order valence-electron chi connectivity index (χ3n) is 11.0. The molecule has 0 fully saturated rings. The fourth-order valence-corrected chi connectivity index (χ4v) is 8.81. The number of fused-ring (bicyclic) bond motifs is 8. The molecule has 4 aliphatic heterocycles. The number of hydrogen-bond donors (Lipinski definition) is 0. The summed E-state index contributed by atoms with van der Waals surface area (Å²) in [7, 11) is 0. The Bertz CT molecular complexity index is 2440. The Labute approximate surface area is 304 Å². The van der Waals surface area contributed by atoms with Crippen LogP contribution in [0.5, 0.6) is 0 Å². The lowest BCUT2D eigenvalue weighted by atomic mass is 9.71. The van der Waals surface area contributed by atoms with E-state index in [2.05, 4.69) is 213 Å². The Kier molecular flexibility index (Phi) is 6.41. The molecule has 0 atom stereocenters. The Hall–Kier alpha value is -6.65. The van der Waals surface area contributed by atoms with Crippen LogP contribution in [0.1, 0.15) is 0 Å². The molecule has 11 rings (SSSR count).